The standard InChI is InChI=1S/C14H11N5O4/c1-8-9(7-15)13(20)18(2)14(21)12(8)17-16-10-5-3-4-6-11(10)19(22)23/h3-6,21H,1-2H3. The maximum absolute atomic E-state index is 11.8. The Balaban J connectivity index is 2.63. The van der Waals surface area contributed by atoms with E-state index < -0.39 is 16.4 Å². The maximum Gasteiger partial charge on any atom is 0.296 e. The van der Waals surface area contributed by atoms with Crippen LogP contribution in [0.4, 0.5) is 17.1 Å². The summed E-state index contributed by atoms with van der Waals surface area (Å²) in [7, 11) is 1.28. The first kappa shape index (κ1) is 15.8. The zero-order valence-electron chi connectivity index (χ0n) is 12.2. The van der Waals surface area contributed by atoms with Gasteiger partial charge in [0.05, 0.1) is 4.92 Å². The van der Waals surface area contributed by atoms with Gasteiger partial charge in [-0.1, -0.05) is 12.1 Å². The lowest BCUT2D eigenvalue weighted by molar-refractivity contribution is -0.384. The molecule has 0 aliphatic heterocycles. The van der Waals surface area contributed by atoms with Crippen molar-refractivity contribution in [1.29, 1.82) is 5.26 Å². The molecule has 23 heavy (non-hydrogen) atoms. The summed E-state index contributed by atoms with van der Waals surface area (Å²) in [6.07, 6.45) is 0. The lowest BCUT2D eigenvalue weighted by Crippen LogP contribution is -2.20. The summed E-state index contributed by atoms with van der Waals surface area (Å²) < 4.78 is 0.860. The van der Waals surface area contributed by atoms with E-state index in [1.54, 1.807) is 12.1 Å². The van der Waals surface area contributed by atoms with Crippen LogP contribution in [-0.4, -0.2) is 14.6 Å². The number of nitriles is 1. The molecule has 1 N–H and O–H groups in total. The van der Waals surface area contributed by atoms with Gasteiger partial charge >= 0.3 is 0 Å². The highest BCUT2D eigenvalue weighted by Gasteiger charge is 2.18. The fraction of sp³-hybridized carbons (Fsp3) is 0.143. The van der Waals surface area contributed by atoms with E-state index in [1.807, 2.05) is 0 Å². The Kier molecular flexibility index (Phi) is 4.18. The van der Waals surface area contributed by atoms with Crippen molar-refractivity contribution >= 4 is 17.1 Å². The van der Waals surface area contributed by atoms with Crippen molar-refractivity contribution in [2.24, 2.45) is 17.3 Å². The predicted octanol–water partition coefficient (Wildman–Crippen LogP) is 2.59. The van der Waals surface area contributed by atoms with Crippen LogP contribution in [-0.2, 0) is 7.05 Å². The molecule has 0 spiro atoms. The van der Waals surface area contributed by atoms with Crippen LogP contribution in [0.15, 0.2) is 39.3 Å². The van der Waals surface area contributed by atoms with Gasteiger partial charge in [0.1, 0.15) is 11.6 Å². The Morgan fingerprint density at radius 1 is 1.35 bits per heavy atom. The minimum Gasteiger partial charge on any atom is -0.493 e. The third-order valence-corrected chi connectivity index (χ3v) is 3.23. The molecule has 1 aromatic heterocycles. The van der Waals surface area contributed by atoms with Crippen molar-refractivity contribution in [3.63, 3.8) is 0 Å². The van der Waals surface area contributed by atoms with E-state index in [-0.39, 0.29) is 28.2 Å². The molecule has 0 bridgehead atoms. The summed E-state index contributed by atoms with van der Waals surface area (Å²) in [4.78, 5) is 22.2. The van der Waals surface area contributed by atoms with E-state index in [0.29, 0.717) is 0 Å². The summed E-state index contributed by atoms with van der Waals surface area (Å²) in [5.41, 5.74) is -1.05. The molecule has 0 saturated carbocycles. The summed E-state index contributed by atoms with van der Waals surface area (Å²) in [6.45, 7) is 1.44. The summed E-state index contributed by atoms with van der Waals surface area (Å²) >= 11 is 0. The fourth-order valence-corrected chi connectivity index (χ4v) is 1.93. The number of hydrogen-bond acceptors (Lipinski definition) is 7. The molecule has 0 radical (unpaired) electrons. The van der Waals surface area contributed by atoms with Gasteiger partial charge in [0.15, 0.2) is 11.4 Å². The number of aromatic nitrogens is 1. The van der Waals surface area contributed by atoms with Gasteiger partial charge in [-0.25, -0.2) is 0 Å². The number of nitro groups is 1. The molecule has 0 atom stereocenters. The number of nitrogens with zero attached hydrogens (tertiary/aromatic N) is 5. The smallest absolute Gasteiger partial charge is 0.296 e. The van der Waals surface area contributed by atoms with Crippen molar-refractivity contribution in [3.8, 4) is 11.9 Å². The van der Waals surface area contributed by atoms with Crippen LogP contribution in [0.2, 0.25) is 0 Å². The lowest BCUT2D eigenvalue weighted by atomic mass is 10.1. The van der Waals surface area contributed by atoms with Gasteiger partial charge in [-0.2, -0.15) is 5.26 Å². The van der Waals surface area contributed by atoms with Crippen LogP contribution in [0.1, 0.15) is 11.1 Å². The maximum atomic E-state index is 11.8. The molecule has 0 aliphatic carbocycles. The highest BCUT2D eigenvalue weighted by atomic mass is 16.6. The zero-order chi connectivity index (χ0) is 17.1. The number of hydrogen-bond donors (Lipinski definition) is 1. The van der Waals surface area contributed by atoms with Crippen LogP contribution in [0, 0.1) is 28.4 Å². The first-order chi connectivity index (χ1) is 10.9. The molecule has 0 amide bonds. The minimum absolute atomic E-state index is 0.0105. The Labute approximate surface area is 129 Å². The van der Waals surface area contributed by atoms with Gasteiger partial charge < -0.3 is 5.11 Å². The minimum atomic E-state index is -0.660. The van der Waals surface area contributed by atoms with Crippen molar-refractivity contribution in [1.82, 2.24) is 4.57 Å². The van der Waals surface area contributed by atoms with Crippen LogP contribution >= 0.6 is 0 Å². The summed E-state index contributed by atoms with van der Waals surface area (Å²) in [6, 6.07) is 7.44. The average molecular weight is 313 g/mol. The second-order valence-electron chi connectivity index (χ2n) is 4.59. The van der Waals surface area contributed by atoms with E-state index in [0.717, 1.165) is 4.57 Å². The Morgan fingerprint density at radius 2 is 2.00 bits per heavy atom. The number of para-hydroxylation sites is 1. The molecule has 0 unspecified atom stereocenters. The van der Waals surface area contributed by atoms with Crippen molar-refractivity contribution < 1.29 is 10.0 Å². The molecule has 0 saturated heterocycles. The monoisotopic (exact) mass is 313 g/mol. The quantitative estimate of drug-likeness (QED) is 0.528. The molecule has 9 nitrogen and oxygen atoms in total. The van der Waals surface area contributed by atoms with E-state index >= 15 is 0 Å². The van der Waals surface area contributed by atoms with Crippen LogP contribution in [0.5, 0.6) is 5.88 Å². The van der Waals surface area contributed by atoms with Gasteiger partial charge in [0, 0.05) is 18.7 Å². The molecule has 9 heteroatoms. The predicted molar refractivity (Wildman–Crippen MR) is 80.1 cm³/mol. The van der Waals surface area contributed by atoms with Crippen LogP contribution in [0.3, 0.4) is 0 Å². The molecule has 1 heterocycles. The summed E-state index contributed by atoms with van der Waals surface area (Å²) in [5, 5.41) is 37.5. The molecular weight excluding hydrogens is 302 g/mol. The van der Waals surface area contributed by atoms with Gasteiger partial charge in [0.25, 0.3) is 11.2 Å². The van der Waals surface area contributed by atoms with Gasteiger partial charge in [-0.15, -0.1) is 10.2 Å². The van der Waals surface area contributed by atoms with Crippen molar-refractivity contribution in [2.75, 3.05) is 0 Å². The van der Waals surface area contributed by atoms with Gasteiger partial charge in [-0.05, 0) is 13.0 Å². The Hall–Kier alpha value is -3.54. The van der Waals surface area contributed by atoms with E-state index in [9.17, 15) is 20.0 Å². The zero-order valence-corrected chi connectivity index (χ0v) is 12.2. The average Bonchev–Trinajstić information content (AvgIpc) is 2.53. The van der Waals surface area contributed by atoms with Gasteiger partial charge in [0.2, 0.25) is 5.88 Å². The molecular formula is C14H11N5O4. The highest BCUT2D eigenvalue weighted by molar-refractivity contribution is 5.60. The number of azo groups is 1. The first-order valence-electron chi connectivity index (χ1n) is 6.36. The largest absolute Gasteiger partial charge is 0.493 e. The molecule has 0 aliphatic rings. The Morgan fingerprint density at radius 3 is 2.61 bits per heavy atom. The number of nitro benzene ring substituents is 1. The van der Waals surface area contributed by atoms with E-state index in [1.165, 1.54) is 32.2 Å². The van der Waals surface area contributed by atoms with E-state index in [4.69, 9.17) is 5.26 Å². The molecule has 0 fully saturated rings. The molecule has 2 rings (SSSR count). The van der Waals surface area contributed by atoms with Crippen molar-refractivity contribution in [2.45, 2.75) is 6.92 Å². The highest BCUT2D eigenvalue weighted by Crippen LogP contribution is 2.33. The van der Waals surface area contributed by atoms with Gasteiger partial charge in [-0.3, -0.25) is 19.5 Å². The number of aromatic hydroxyl groups is 1. The Bertz CT molecular complexity index is 924. The second-order valence-corrected chi connectivity index (χ2v) is 4.59. The van der Waals surface area contributed by atoms with Crippen LogP contribution in [0.25, 0.3) is 0 Å². The third-order valence-electron chi connectivity index (χ3n) is 3.23. The van der Waals surface area contributed by atoms with E-state index in [2.05, 4.69) is 10.2 Å². The lowest BCUT2D eigenvalue weighted by Gasteiger charge is -2.08. The molecule has 2 aromatic rings. The molecule has 1 aromatic carbocycles. The molecule has 116 valence electrons. The first-order valence-corrected chi connectivity index (χ1v) is 6.36. The SMILES string of the molecule is Cc1c(N=Nc2ccccc2[N+](=O)[O-])c(O)n(C)c(=O)c1C#N. The number of rotatable bonds is 3. The fourth-order valence-electron chi connectivity index (χ4n) is 1.93. The van der Waals surface area contributed by atoms with Crippen molar-refractivity contribution in [3.05, 3.63) is 55.9 Å². The summed E-state index contributed by atoms with van der Waals surface area (Å²) in [5.74, 6) is -0.478. The topological polar surface area (TPSA) is 134 Å². The second kappa shape index (κ2) is 6.07. The third kappa shape index (κ3) is 2.77. The number of benzene rings is 1. The normalized spacial score (nSPS) is 10.7. The number of pyridine rings is 1. The van der Waals surface area contributed by atoms with Crippen LogP contribution < -0.4 is 5.56 Å².